The van der Waals surface area contributed by atoms with Crippen molar-refractivity contribution in [2.24, 2.45) is 5.73 Å². The number of nitrogens with two attached hydrogens (primary N) is 1. The summed E-state index contributed by atoms with van der Waals surface area (Å²) >= 11 is 0. The van der Waals surface area contributed by atoms with Crippen LogP contribution in [0.2, 0.25) is 0 Å². The Morgan fingerprint density at radius 3 is 2.24 bits per heavy atom. The zero-order chi connectivity index (χ0) is 13.1. The Bertz CT molecular complexity index is 494. The van der Waals surface area contributed by atoms with Crippen LogP contribution in [0.4, 0.5) is 4.79 Å². The first kappa shape index (κ1) is 13.5. The lowest BCUT2D eigenvalue weighted by Crippen LogP contribution is -2.33. The second-order valence-electron chi connectivity index (χ2n) is 3.93. The highest BCUT2D eigenvalue weighted by molar-refractivity contribution is 7.90. The van der Waals surface area contributed by atoms with Gasteiger partial charge >= 0.3 is 6.03 Å². The molecule has 0 aliphatic rings. The number of carbonyl (C=O) groups is 1. The van der Waals surface area contributed by atoms with Gasteiger partial charge in [-0.3, -0.25) is 0 Å². The SMILES string of the molecule is CN(CCc1ccc(S(C)(=O)=O)cc1)C(N)=O. The van der Waals surface area contributed by atoms with Crippen molar-refractivity contribution in [3.05, 3.63) is 29.8 Å². The first-order valence-electron chi connectivity index (χ1n) is 5.10. The van der Waals surface area contributed by atoms with E-state index in [0.29, 0.717) is 17.9 Å². The number of amides is 2. The normalized spacial score (nSPS) is 11.2. The lowest BCUT2D eigenvalue weighted by molar-refractivity contribution is 0.219. The van der Waals surface area contributed by atoms with E-state index >= 15 is 0 Å². The molecule has 0 radical (unpaired) electrons. The topological polar surface area (TPSA) is 80.5 Å². The molecule has 0 unspecified atom stereocenters. The van der Waals surface area contributed by atoms with Crippen LogP contribution in [0.5, 0.6) is 0 Å². The van der Waals surface area contributed by atoms with Gasteiger partial charge in [0, 0.05) is 19.8 Å². The van der Waals surface area contributed by atoms with Gasteiger partial charge in [0.15, 0.2) is 9.84 Å². The van der Waals surface area contributed by atoms with E-state index in [1.165, 1.54) is 11.2 Å². The van der Waals surface area contributed by atoms with E-state index in [0.717, 1.165) is 5.56 Å². The number of primary amides is 1. The number of sulfone groups is 1. The van der Waals surface area contributed by atoms with Crippen LogP contribution in [0.15, 0.2) is 29.2 Å². The molecule has 0 bridgehead atoms. The number of carbonyl (C=O) groups excluding carboxylic acids is 1. The Balaban J connectivity index is 2.67. The Morgan fingerprint density at radius 2 is 1.82 bits per heavy atom. The molecule has 0 atom stereocenters. The monoisotopic (exact) mass is 256 g/mol. The molecule has 1 aromatic carbocycles. The summed E-state index contributed by atoms with van der Waals surface area (Å²) in [4.78, 5) is 12.5. The maximum atomic E-state index is 11.2. The minimum absolute atomic E-state index is 0.296. The predicted octanol–water partition coefficient (Wildman–Crippen LogP) is 0.643. The van der Waals surface area contributed by atoms with E-state index in [9.17, 15) is 13.2 Å². The van der Waals surface area contributed by atoms with Crippen molar-refractivity contribution in [1.82, 2.24) is 4.90 Å². The van der Waals surface area contributed by atoms with Crippen LogP contribution in [-0.2, 0) is 16.3 Å². The van der Waals surface area contributed by atoms with Crippen molar-refractivity contribution >= 4 is 15.9 Å². The molecule has 0 heterocycles. The first-order valence-corrected chi connectivity index (χ1v) is 6.99. The molecule has 0 spiro atoms. The van der Waals surface area contributed by atoms with E-state index < -0.39 is 15.9 Å². The van der Waals surface area contributed by atoms with E-state index in [1.54, 1.807) is 31.3 Å². The van der Waals surface area contributed by atoms with Crippen molar-refractivity contribution in [3.8, 4) is 0 Å². The molecular formula is C11H16N2O3S. The highest BCUT2D eigenvalue weighted by Gasteiger charge is 2.07. The minimum Gasteiger partial charge on any atom is -0.351 e. The van der Waals surface area contributed by atoms with Crippen LogP contribution in [-0.4, -0.2) is 39.2 Å². The molecule has 0 aliphatic heterocycles. The summed E-state index contributed by atoms with van der Waals surface area (Å²) in [5, 5.41) is 0. The maximum absolute atomic E-state index is 11.2. The fraction of sp³-hybridized carbons (Fsp3) is 0.364. The fourth-order valence-corrected chi connectivity index (χ4v) is 1.94. The van der Waals surface area contributed by atoms with Gasteiger partial charge in [-0.25, -0.2) is 13.2 Å². The lowest BCUT2D eigenvalue weighted by atomic mass is 10.1. The molecule has 1 aromatic rings. The summed E-state index contributed by atoms with van der Waals surface area (Å²) in [7, 11) is -1.53. The van der Waals surface area contributed by atoms with E-state index in [2.05, 4.69) is 0 Å². The third-order valence-corrected chi connectivity index (χ3v) is 3.59. The Kier molecular flexibility index (Phi) is 4.11. The summed E-state index contributed by atoms with van der Waals surface area (Å²) < 4.78 is 22.5. The molecule has 0 saturated heterocycles. The van der Waals surface area contributed by atoms with Crippen LogP contribution < -0.4 is 5.73 Å². The van der Waals surface area contributed by atoms with Crippen LogP contribution in [0.1, 0.15) is 5.56 Å². The second kappa shape index (κ2) is 5.18. The summed E-state index contributed by atoms with van der Waals surface area (Å²) in [5.74, 6) is 0. The highest BCUT2D eigenvalue weighted by Crippen LogP contribution is 2.10. The van der Waals surface area contributed by atoms with E-state index in [4.69, 9.17) is 5.73 Å². The number of hydrogen-bond donors (Lipinski definition) is 1. The third-order valence-electron chi connectivity index (χ3n) is 2.46. The second-order valence-corrected chi connectivity index (χ2v) is 5.94. The standard InChI is InChI=1S/C11H16N2O3S/c1-13(11(12)14)8-7-9-3-5-10(6-4-9)17(2,15)16/h3-6H,7-8H2,1-2H3,(H2,12,14). The fourth-order valence-electron chi connectivity index (χ4n) is 1.31. The molecule has 0 aromatic heterocycles. The zero-order valence-corrected chi connectivity index (χ0v) is 10.7. The molecule has 94 valence electrons. The molecule has 1 rings (SSSR count). The molecule has 0 fully saturated rings. The summed E-state index contributed by atoms with van der Waals surface area (Å²) in [5.41, 5.74) is 6.05. The van der Waals surface area contributed by atoms with Crippen LogP contribution in [0.25, 0.3) is 0 Å². The van der Waals surface area contributed by atoms with Gasteiger partial charge in [-0.05, 0) is 24.1 Å². The van der Waals surface area contributed by atoms with Gasteiger partial charge in [0.25, 0.3) is 0 Å². The van der Waals surface area contributed by atoms with Crippen molar-refractivity contribution in [3.63, 3.8) is 0 Å². The van der Waals surface area contributed by atoms with Gasteiger partial charge in [0.1, 0.15) is 0 Å². The van der Waals surface area contributed by atoms with Crippen molar-refractivity contribution in [1.29, 1.82) is 0 Å². The van der Waals surface area contributed by atoms with Gasteiger partial charge in [-0.1, -0.05) is 12.1 Å². The predicted molar refractivity (Wildman–Crippen MR) is 65.5 cm³/mol. The number of benzene rings is 1. The lowest BCUT2D eigenvalue weighted by Gasteiger charge is -2.13. The average Bonchev–Trinajstić information content (AvgIpc) is 2.25. The number of hydrogen-bond acceptors (Lipinski definition) is 3. The van der Waals surface area contributed by atoms with Gasteiger partial charge in [0.05, 0.1) is 4.90 Å². The molecular weight excluding hydrogens is 240 g/mol. The third kappa shape index (κ3) is 4.07. The Morgan fingerprint density at radius 1 is 1.29 bits per heavy atom. The number of urea groups is 1. The summed E-state index contributed by atoms with van der Waals surface area (Å²) in [6.45, 7) is 0.507. The Hall–Kier alpha value is -1.56. The maximum Gasteiger partial charge on any atom is 0.314 e. The quantitative estimate of drug-likeness (QED) is 0.858. The number of nitrogens with zero attached hydrogens (tertiary/aromatic N) is 1. The van der Waals surface area contributed by atoms with Gasteiger partial charge in [-0.2, -0.15) is 0 Å². The smallest absolute Gasteiger partial charge is 0.314 e. The molecule has 2 amide bonds. The first-order chi connectivity index (χ1) is 7.80. The van der Waals surface area contributed by atoms with Gasteiger partial charge in [0.2, 0.25) is 0 Å². The zero-order valence-electron chi connectivity index (χ0n) is 9.88. The Labute approximate surface area is 101 Å². The summed E-state index contributed by atoms with van der Waals surface area (Å²) in [6, 6.07) is 6.14. The molecule has 2 N–H and O–H groups in total. The van der Waals surface area contributed by atoms with Gasteiger partial charge in [-0.15, -0.1) is 0 Å². The molecule has 17 heavy (non-hydrogen) atoms. The van der Waals surface area contributed by atoms with Crippen LogP contribution >= 0.6 is 0 Å². The average molecular weight is 256 g/mol. The minimum atomic E-state index is -3.15. The molecule has 0 saturated carbocycles. The van der Waals surface area contributed by atoms with Crippen molar-refractivity contribution < 1.29 is 13.2 Å². The van der Waals surface area contributed by atoms with Crippen LogP contribution in [0, 0.1) is 0 Å². The van der Waals surface area contributed by atoms with E-state index in [-0.39, 0.29) is 0 Å². The number of likely N-dealkylation sites (N-methyl/N-ethyl adjacent to an activating group) is 1. The highest BCUT2D eigenvalue weighted by atomic mass is 32.2. The summed E-state index contributed by atoms with van der Waals surface area (Å²) in [6.07, 6.45) is 1.81. The van der Waals surface area contributed by atoms with Crippen LogP contribution in [0.3, 0.4) is 0 Å². The molecule has 5 nitrogen and oxygen atoms in total. The van der Waals surface area contributed by atoms with E-state index in [1.807, 2.05) is 0 Å². The molecule has 0 aliphatic carbocycles. The van der Waals surface area contributed by atoms with Gasteiger partial charge < -0.3 is 10.6 Å². The largest absolute Gasteiger partial charge is 0.351 e. The number of rotatable bonds is 4. The van der Waals surface area contributed by atoms with Crippen molar-refractivity contribution in [2.75, 3.05) is 19.8 Å². The van der Waals surface area contributed by atoms with Crippen molar-refractivity contribution in [2.45, 2.75) is 11.3 Å². The molecule has 6 heteroatoms.